The molecule has 0 unspecified atom stereocenters. The molecule has 3 nitrogen and oxygen atoms in total. The molecule has 1 aromatic heterocycles. The van der Waals surface area contributed by atoms with E-state index in [1.165, 1.54) is 29.4 Å². The third-order valence-electron chi connectivity index (χ3n) is 2.68. The van der Waals surface area contributed by atoms with E-state index in [0.717, 1.165) is 0 Å². The molecule has 0 saturated heterocycles. The van der Waals surface area contributed by atoms with Crippen LogP contribution in [0.25, 0.3) is 0 Å². The van der Waals surface area contributed by atoms with E-state index in [1.54, 1.807) is 29.6 Å². The van der Waals surface area contributed by atoms with Crippen LogP contribution in [0.1, 0.15) is 15.2 Å². The quantitative estimate of drug-likeness (QED) is 0.863. The average Bonchev–Trinajstić information content (AvgIpc) is 2.92. The van der Waals surface area contributed by atoms with Gasteiger partial charge in [0.15, 0.2) is 0 Å². The van der Waals surface area contributed by atoms with Gasteiger partial charge in [0.1, 0.15) is 17.3 Å². The van der Waals surface area contributed by atoms with Gasteiger partial charge in [-0.3, -0.25) is 4.79 Å². The minimum Gasteiger partial charge on any atom is -0.384 e. The summed E-state index contributed by atoms with van der Waals surface area (Å²) in [6, 6.07) is 7.79. The Morgan fingerprint density at radius 1 is 1.40 bits per heavy atom. The molecule has 1 amide bonds. The minimum atomic E-state index is -0.456. The predicted octanol–water partition coefficient (Wildman–Crippen LogP) is 2.51. The Hall–Kier alpha value is -2.16. The second kappa shape index (κ2) is 6.33. The van der Waals surface area contributed by atoms with E-state index >= 15 is 0 Å². The summed E-state index contributed by atoms with van der Waals surface area (Å²) < 4.78 is 13.7. The SMILES string of the molecule is CN(C(=O)c1sccc1C#CCO)c1ccccc1F. The van der Waals surface area contributed by atoms with Crippen molar-refractivity contribution in [2.24, 2.45) is 0 Å². The highest BCUT2D eigenvalue weighted by Crippen LogP contribution is 2.23. The van der Waals surface area contributed by atoms with Crippen LogP contribution in [-0.2, 0) is 0 Å². The summed E-state index contributed by atoms with van der Waals surface area (Å²) in [6.07, 6.45) is 0. The maximum Gasteiger partial charge on any atom is 0.269 e. The molecule has 0 atom stereocenters. The van der Waals surface area contributed by atoms with Gasteiger partial charge >= 0.3 is 0 Å². The molecule has 1 N–H and O–H groups in total. The number of carbonyl (C=O) groups is 1. The number of anilines is 1. The lowest BCUT2D eigenvalue weighted by atomic mass is 10.2. The molecule has 2 aromatic rings. The van der Waals surface area contributed by atoms with Crippen molar-refractivity contribution >= 4 is 22.9 Å². The molecular weight excluding hydrogens is 277 g/mol. The fourth-order valence-electron chi connectivity index (χ4n) is 1.69. The molecule has 0 saturated carbocycles. The van der Waals surface area contributed by atoms with Gasteiger partial charge in [-0.2, -0.15) is 0 Å². The molecule has 1 heterocycles. The van der Waals surface area contributed by atoms with Crippen LogP contribution in [0.15, 0.2) is 35.7 Å². The number of hydrogen-bond donors (Lipinski definition) is 1. The van der Waals surface area contributed by atoms with Crippen LogP contribution >= 0.6 is 11.3 Å². The molecule has 0 fully saturated rings. The molecule has 20 heavy (non-hydrogen) atoms. The maximum atomic E-state index is 13.7. The molecule has 0 aliphatic heterocycles. The number of hydrogen-bond acceptors (Lipinski definition) is 3. The van der Waals surface area contributed by atoms with Crippen molar-refractivity contribution < 1.29 is 14.3 Å². The first kappa shape index (κ1) is 14.3. The minimum absolute atomic E-state index is 0.215. The summed E-state index contributed by atoms with van der Waals surface area (Å²) >= 11 is 1.24. The van der Waals surface area contributed by atoms with Gasteiger partial charge in [0.2, 0.25) is 0 Å². The van der Waals surface area contributed by atoms with Crippen molar-refractivity contribution in [2.45, 2.75) is 0 Å². The zero-order valence-corrected chi connectivity index (χ0v) is 11.6. The molecule has 0 radical (unpaired) electrons. The van der Waals surface area contributed by atoms with Crippen molar-refractivity contribution in [1.29, 1.82) is 0 Å². The number of rotatable bonds is 2. The third-order valence-corrected chi connectivity index (χ3v) is 3.58. The molecule has 0 aliphatic rings. The number of benzene rings is 1. The summed E-state index contributed by atoms with van der Waals surface area (Å²) in [4.78, 5) is 14.1. The number of thiophene rings is 1. The Bertz CT molecular complexity index is 684. The third kappa shape index (κ3) is 2.87. The van der Waals surface area contributed by atoms with Crippen molar-refractivity contribution in [1.82, 2.24) is 0 Å². The normalized spacial score (nSPS) is 9.75. The van der Waals surface area contributed by atoms with E-state index in [4.69, 9.17) is 5.11 Å². The highest BCUT2D eigenvalue weighted by atomic mass is 32.1. The fraction of sp³-hybridized carbons (Fsp3) is 0.133. The molecule has 1 aromatic carbocycles. The standard InChI is InChI=1S/C15H12FNO2S/c1-17(13-7-3-2-6-12(13)16)15(19)14-11(5-4-9-18)8-10-20-14/h2-3,6-8,10,18H,9H2,1H3. The lowest BCUT2D eigenvalue weighted by Gasteiger charge is -2.17. The lowest BCUT2D eigenvalue weighted by Crippen LogP contribution is -2.26. The first-order valence-electron chi connectivity index (χ1n) is 5.85. The highest BCUT2D eigenvalue weighted by Gasteiger charge is 2.19. The van der Waals surface area contributed by atoms with Crippen LogP contribution in [0.3, 0.4) is 0 Å². The van der Waals surface area contributed by atoms with Gasteiger partial charge in [-0.25, -0.2) is 4.39 Å². The van der Waals surface area contributed by atoms with Crippen LogP contribution in [0.5, 0.6) is 0 Å². The topological polar surface area (TPSA) is 40.5 Å². The smallest absolute Gasteiger partial charge is 0.269 e. The number of para-hydroxylation sites is 1. The number of halogens is 1. The van der Waals surface area contributed by atoms with Crippen LogP contribution in [0, 0.1) is 17.7 Å². The zero-order valence-electron chi connectivity index (χ0n) is 10.8. The van der Waals surface area contributed by atoms with Crippen molar-refractivity contribution in [3.8, 4) is 11.8 Å². The van der Waals surface area contributed by atoms with Crippen LogP contribution in [0.4, 0.5) is 10.1 Å². The zero-order chi connectivity index (χ0) is 14.5. The van der Waals surface area contributed by atoms with Crippen molar-refractivity contribution in [3.05, 3.63) is 52.0 Å². The van der Waals surface area contributed by atoms with Gasteiger partial charge in [-0.1, -0.05) is 24.0 Å². The Labute approximate surface area is 120 Å². The summed E-state index contributed by atoms with van der Waals surface area (Å²) in [5.74, 6) is 4.44. The van der Waals surface area contributed by atoms with E-state index in [9.17, 15) is 9.18 Å². The number of aliphatic hydroxyl groups is 1. The molecule has 0 spiro atoms. The van der Waals surface area contributed by atoms with Crippen LogP contribution in [0.2, 0.25) is 0 Å². The molecular formula is C15H12FNO2S. The summed E-state index contributed by atoms with van der Waals surface area (Å²) in [5, 5.41) is 10.4. The Kier molecular flexibility index (Phi) is 4.51. The molecule has 0 bridgehead atoms. The monoisotopic (exact) mass is 289 g/mol. The first-order valence-corrected chi connectivity index (χ1v) is 6.73. The largest absolute Gasteiger partial charge is 0.384 e. The van der Waals surface area contributed by atoms with Gasteiger partial charge in [-0.15, -0.1) is 11.3 Å². The van der Waals surface area contributed by atoms with E-state index < -0.39 is 5.82 Å². The molecule has 102 valence electrons. The summed E-state index contributed by atoms with van der Waals surface area (Å²) in [7, 11) is 1.52. The van der Waals surface area contributed by atoms with E-state index in [0.29, 0.717) is 10.4 Å². The van der Waals surface area contributed by atoms with Crippen LogP contribution < -0.4 is 4.90 Å². The predicted molar refractivity (Wildman–Crippen MR) is 77.4 cm³/mol. The van der Waals surface area contributed by atoms with Gasteiger partial charge in [0.05, 0.1) is 5.69 Å². The van der Waals surface area contributed by atoms with E-state index in [1.807, 2.05) is 0 Å². The van der Waals surface area contributed by atoms with E-state index in [-0.39, 0.29) is 18.2 Å². The second-order valence-electron chi connectivity index (χ2n) is 3.94. The van der Waals surface area contributed by atoms with Crippen molar-refractivity contribution in [3.63, 3.8) is 0 Å². The van der Waals surface area contributed by atoms with Gasteiger partial charge < -0.3 is 10.0 Å². The summed E-state index contributed by atoms with van der Waals surface area (Å²) in [5.41, 5.74) is 0.754. The first-order chi connectivity index (χ1) is 9.65. The highest BCUT2D eigenvalue weighted by molar-refractivity contribution is 7.12. The van der Waals surface area contributed by atoms with Gasteiger partial charge in [0.25, 0.3) is 5.91 Å². The second-order valence-corrected chi connectivity index (χ2v) is 4.85. The Morgan fingerprint density at radius 3 is 2.85 bits per heavy atom. The fourth-order valence-corrected chi connectivity index (χ4v) is 2.52. The number of nitrogens with zero attached hydrogens (tertiary/aromatic N) is 1. The number of aliphatic hydroxyl groups excluding tert-OH is 1. The maximum absolute atomic E-state index is 13.7. The lowest BCUT2D eigenvalue weighted by molar-refractivity contribution is 0.0996. The average molecular weight is 289 g/mol. The Balaban J connectivity index is 2.33. The summed E-state index contributed by atoms with van der Waals surface area (Å²) in [6.45, 7) is -0.271. The van der Waals surface area contributed by atoms with E-state index in [2.05, 4.69) is 11.8 Å². The van der Waals surface area contributed by atoms with Gasteiger partial charge in [-0.05, 0) is 23.6 Å². The van der Waals surface area contributed by atoms with Crippen LogP contribution in [-0.4, -0.2) is 24.7 Å². The molecule has 0 aliphatic carbocycles. The molecule has 2 rings (SSSR count). The van der Waals surface area contributed by atoms with Crippen molar-refractivity contribution in [2.75, 3.05) is 18.6 Å². The molecule has 5 heteroatoms. The van der Waals surface area contributed by atoms with Gasteiger partial charge in [0, 0.05) is 12.6 Å². The number of amides is 1. The number of carbonyl (C=O) groups excluding carboxylic acids is 1. The Morgan fingerprint density at radius 2 is 2.15 bits per heavy atom.